The van der Waals surface area contributed by atoms with Gasteiger partial charge in [0.15, 0.2) is 11.7 Å². The zero-order chi connectivity index (χ0) is 28.1. The van der Waals surface area contributed by atoms with Gasteiger partial charge >= 0.3 is 23.9 Å². The van der Waals surface area contributed by atoms with Gasteiger partial charge in [0, 0.05) is 32.1 Å². The van der Waals surface area contributed by atoms with Crippen molar-refractivity contribution in [3.05, 3.63) is 36.5 Å². The summed E-state index contributed by atoms with van der Waals surface area (Å²) in [4.78, 5) is 49.3. The first-order valence-electron chi connectivity index (χ1n) is 11.8. The van der Waals surface area contributed by atoms with E-state index in [0.29, 0.717) is 0 Å². The van der Waals surface area contributed by atoms with Gasteiger partial charge in [-0.1, -0.05) is 25.7 Å². The fraction of sp³-hybridized carbons (Fsp3) is 0.615. The van der Waals surface area contributed by atoms with Crippen LogP contribution in [0.15, 0.2) is 36.5 Å². The molecule has 10 atom stereocenters. The zero-order valence-electron chi connectivity index (χ0n) is 21.6. The summed E-state index contributed by atoms with van der Waals surface area (Å²) in [7, 11) is 0. The van der Waals surface area contributed by atoms with Crippen molar-refractivity contribution in [3.63, 3.8) is 0 Å². The minimum absolute atomic E-state index is 0.233. The second-order valence-corrected chi connectivity index (χ2v) is 10.8. The third kappa shape index (κ3) is 4.82. The first-order chi connectivity index (χ1) is 17.0. The maximum absolute atomic E-state index is 12.8. The second kappa shape index (κ2) is 9.89. The number of fused-ring (bicyclic) bond motifs is 2. The maximum atomic E-state index is 12.8. The Hall–Kier alpha value is -2.69. The Morgan fingerprint density at radius 2 is 1.54 bits per heavy atom. The molecule has 2 aliphatic carbocycles. The number of esters is 4. The smallest absolute Gasteiger partial charge is 0.312 e. The summed E-state index contributed by atoms with van der Waals surface area (Å²) in [6.07, 6.45) is 0.581. The van der Waals surface area contributed by atoms with Gasteiger partial charge in [0.1, 0.15) is 23.9 Å². The van der Waals surface area contributed by atoms with Crippen LogP contribution in [0.5, 0.6) is 0 Å². The van der Waals surface area contributed by atoms with E-state index in [1.165, 1.54) is 39.0 Å². The molecule has 1 aliphatic heterocycles. The van der Waals surface area contributed by atoms with Gasteiger partial charge in [-0.15, -0.1) is 11.6 Å². The number of halogens is 1. The van der Waals surface area contributed by atoms with Gasteiger partial charge < -0.3 is 29.2 Å². The van der Waals surface area contributed by atoms with E-state index in [9.17, 15) is 29.4 Å². The Balaban J connectivity index is 2.42. The molecule has 10 nitrogen and oxygen atoms in total. The maximum Gasteiger partial charge on any atom is 0.312 e. The van der Waals surface area contributed by atoms with Crippen molar-refractivity contribution in [2.45, 2.75) is 82.5 Å². The first-order valence-corrected chi connectivity index (χ1v) is 12.3. The fourth-order valence-corrected chi connectivity index (χ4v) is 6.08. The summed E-state index contributed by atoms with van der Waals surface area (Å²) >= 11 is 6.64. The lowest BCUT2D eigenvalue weighted by Crippen LogP contribution is -2.70. The fourth-order valence-electron chi connectivity index (χ4n) is 5.76. The Bertz CT molecular complexity index is 1060. The van der Waals surface area contributed by atoms with Crippen LogP contribution in [-0.4, -0.2) is 75.1 Å². The molecule has 1 unspecified atom stereocenters. The first kappa shape index (κ1) is 28.9. The summed E-state index contributed by atoms with van der Waals surface area (Å²) in [6.45, 7) is 11.8. The molecule has 1 heterocycles. The molecule has 3 rings (SSSR count). The molecule has 1 saturated heterocycles. The normalized spacial score (nSPS) is 44.1. The number of carbonyl (C=O) groups is 4. The van der Waals surface area contributed by atoms with Crippen molar-refractivity contribution in [2.24, 2.45) is 17.3 Å². The average molecular weight is 541 g/mol. The molecular formula is C26H33ClO10. The van der Waals surface area contributed by atoms with E-state index in [-0.39, 0.29) is 5.57 Å². The van der Waals surface area contributed by atoms with E-state index >= 15 is 0 Å². The number of hydrogen-bond acceptors (Lipinski definition) is 10. The minimum atomic E-state index is -2.27. The third-order valence-electron chi connectivity index (χ3n) is 7.61. The van der Waals surface area contributed by atoms with Gasteiger partial charge in [0.25, 0.3) is 0 Å². The molecule has 0 amide bonds. The van der Waals surface area contributed by atoms with Gasteiger partial charge in [-0.3, -0.25) is 19.2 Å². The van der Waals surface area contributed by atoms with Gasteiger partial charge in [-0.2, -0.15) is 0 Å². The topological polar surface area (TPSA) is 146 Å². The van der Waals surface area contributed by atoms with Crippen LogP contribution in [0.2, 0.25) is 0 Å². The van der Waals surface area contributed by atoms with E-state index in [1.807, 2.05) is 0 Å². The standard InChI is InChI=1S/C26H33ClO10/c1-12-8-9-17(34-14(3)28)24(6)11-10-18(35-15(4)29)25(7,32)20(24)22(36-16(5)30)26(33)13(2)23(31)37-21(26)19(12)27/h8-11,13,17-22,32-33H,1H2,2-7H3/b9-8-/t13-,17-,18+,19-,20?,21-,22-,24+,25+,26-/m0/s1. The summed E-state index contributed by atoms with van der Waals surface area (Å²) < 4.78 is 22.2. The zero-order valence-corrected chi connectivity index (χ0v) is 22.4. The lowest BCUT2D eigenvalue weighted by atomic mass is 9.55. The van der Waals surface area contributed by atoms with E-state index < -0.39 is 82.1 Å². The molecular weight excluding hydrogens is 508 g/mol. The molecule has 1 fully saturated rings. The highest BCUT2D eigenvalue weighted by molar-refractivity contribution is 6.23. The van der Waals surface area contributed by atoms with Crippen molar-refractivity contribution in [3.8, 4) is 0 Å². The number of carbonyl (C=O) groups excluding carboxylic acids is 4. The molecule has 0 aromatic heterocycles. The molecule has 2 N–H and O–H groups in total. The molecule has 0 bridgehead atoms. The van der Waals surface area contributed by atoms with Crippen LogP contribution in [0.3, 0.4) is 0 Å². The molecule has 0 aromatic rings. The van der Waals surface area contributed by atoms with E-state index in [0.717, 1.165) is 13.8 Å². The van der Waals surface area contributed by atoms with Crippen LogP contribution in [0.25, 0.3) is 0 Å². The Morgan fingerprint density at radius 3 is 2.08 bits per heavy atom. The van der Waals surface area contributed by atoms with Crippen molar-refractivity contribution in [1.29, 1.82) is 0 Å². The van der Waals surface area contributed by atoms with Gasteiger partial charge in [0.05, 0.1) is 11.3 Å². The summed E-state index contributed by atoms with van der Waals surface area (Å²) in [6, 6.07) is 0. The Kier molecular flexibility index (Phi) is 7.71. The largest absolute Gasteiger partial charge is 0.459 e. The average Bonchev–Trinajstić information content (AvgIpc) is 3.00. The van der Waals surface area contributed by atoms with Gasteiger partial charge in [-0.25, -0.2) is 0 Å². The predicted molar refractivity (Wildman–Crippen MR) is 130 cm³/mol. The number of hydrogen-bond donors (Lipinski definition) is 2. The van der Waals surface area contributed by atoms with Crippen LogP contribution in [0.4, 0.5) is 0 Å². The van der Waals surface area contributed by atoms with Crippen molar-refractivity contribution < 1.29 is 48.3 Å². The molecule has 204 valence electrons. The molecule has 37 heavy (non-hydrogen) atoms. The highest BCUT2D eigenvalue weighted by atomic mass is 35.5. The Labute approximate surface area is 220 Å². The number of allylic oxidation sites excluding steroid dienone is 1. The van der Waals surface area contributed by atoms with Crippen molar-refractivity contribution >= 4 is 35.5 Å². The van der Waals surface area contributed by atoms with Crippen LogP contribution in [-0.2, 0) is 38.1 Å². The molecule has 11 heteroatoms. The van der Waals surface area contributed by atoms with Crippen LogP contribution < -0.4 is 0 Å². The van der Waals surface area contributed by atoms with E-state index in [1.54, 1.807) is 13.0 Å². The number of rotatable bonds is 3. The lowest BCUT2D eigenvalue weighted by molar-refractivity contribution is -0.242. The van der Waals surface area contributed by atoms with E-state index in [4.69, 9.17) is 30.5 Å². The lowest BCUT2D eigenvalue weighted by Gasteiger charge is -2.56. The Morgan fingerprint density at radius 1 is 1.00 bits per heavy atom. The van der Waals surface area contributed by atoms with E-state index in [2.05, 4.69) is 6.58 Å². The number of aliphatic hydroxyl groups is 2. The van der Waals surface area contributed by atoms with Crippen molar-refractivity contribution in [2.75, 3.05) is 0 Å². The summed E-state index contributed by atoms with van der Waals surface area (Å²) in [5.41, 5.74) is -5.44. The molecule has 0 radical (unpaired) electrons. The van der Waals surface area contributed by atoms with Gasteiger partial charge in [-0.05, 0) is 31.6 Å². The molecule has 0 aromatic carbocycles. The van der Waals surface area contributed by atoms with Crippen molar-refractivity contribution in [1.82, 2.24) is 0 Å². The molecule has 0 spiro atoms. The third-order valence-corrected chi connectivity index (χ3v) is 8.12. The van der Waals surface area contributed by atoms with Crippen LogP contribution in [0.1, 0.15) is 41.5 Å². The SMILES string of the molecule is C=C1/C=C\[C@H](OC(C)=O)[C@@]2(C)C=C[C@@H](OC(C)=O)[C@@](C)(O)C2[C@H](OC(C)=O)[C@]2(O)[C@@H](C)C(=O)O[C@H]2[C@H]1Cl. The molecule has 0 saturated carbocycles. The summed E-state index contributed by atoms with van der Waals surface area (Å²) in [5, 5.41) is 23.1. The number of ether oxygens (including phenoxy) is 4. The minimum Gasteiger partial charge on any atom is -0.459 e. The highest BCUT2D eigenvalue weighted by Crippen LogP contribution is 2.55. The monoisotopic (exact) mass is 540 g/mol. The highest BCUT2D eigenvalue weighted by Gasteiger charge is 2.70. The second-order valence-electron chi connectivity index (χ2n) is 10.3. The number of alkyl halides is 1. The molecule has 3 aliphatic rings. The predicted octanol–water partition coefficient (Wildman–Crippen LogP) is 1.75. The van der Waals surface area contributed by atoms with Crippen LogP contribution in [0, 0.1) is 17.3 Å². The summed E-state index contributed by atoms with van der Waals surface area (Å²) in [5.74, 6) is -5.56. The van der Waals surface area contributed by atoms with Gasteiger partial charge in [0.2, 0.25) is 0 Å². The van der Waals surface area contributed by atoms with Crippen LogP contribution >= 0.6 is 11.6 Å². The quantitative estimate of drug-likeness (QED) is 0.235.